The van der Waals surface area contributed by atoms with E-state index in [0.29, 0.717) is 24.7 Å². The van der Waals surface area contributed by atoms with Crippen LogP contribution in [0, 0.1) is 5.92 Å². The van der Waals surface area contributed by atoms with Crippen LogP contribution in [0.5, 0.6) is 0 Å². The molecule has 2 rings (SSSR count). The Bertz CT molecular complexity index is 422. The Kier molecular flexibility index (Phi) is 3.17. The third-order valence-corrected chi connectivity index (χ3v) is 3.51. The highest BCUT2D eigenvalue weighted by molar-refractivity contribution is 6.18. The van der Waals surface area contributed by atoms with Crippen molar-refractivity contribution in [2.75, 3.05) is 17.3 Å². The number of halogens is 1. The molecule has 1 aliphatic heterocycles. The topological polar surface area (TPSA) is 49.0 Å². The van der Waals surface area contributed by atoms with Gasteiger partial charge in [-0.05, 0) is 5.92 Å². The van der Waals surface area contributed by atoms with E-state index in [1.165, 1.54) is 0 Å². The van der Waals surface area contributed by atoms with E-state index >= 15 is 0 Å². The number of carbonyl (C=O) groups is 1. The number of alkyl halides is 1. The number of rotatable bonds is 2. The summed E-state index contributed by atoms with van der Waals surface area (Å²) < 4.78 is 0. The number of nitrogens with zero attached hydrogens (tertiary/aromatic N) is 2. The molecule has 5 heteroatoms. The zero-order valence-electron chi connectivity index (χ0n) is 10.5. The Balaban J connectivity index is 2.19. The fraction of sp³-hybridized carbons (Fsp3) is 0.667. The SMILES string of the molecule is CC(C)(C)c1cc(N2CC(CCl)CC2=O)n[nH]1. The van der Waals surface area contributed by atoms with Crippen LogP contribution in [0.15, 0.2) is 6.07 Å². The van der Waals surface area contributed by atoms with Crippen LogP contribution >= 0.6 is 11.6 Å². The van der Waals surface area contributed by atoms with Gasteiger partial charge in [0.1, 0.15) is 0 Å². The van der Waals surface area contributed by atoms with E-state index in [0.717, 1.165) is 5.69 Å². The first-order valence-corrected chi connectivity index (χ1v) is 6.37. The number of hydrogen-bond donors (Lipinski definition) is 1. The molecule has 1 aliphatic rings. The molecular formula is C12H18ClN3O. The van der Waals surface area contributed by atoms with E-state index in [2.05, 4.69) is 31.0 Å². The van der Waals surface area contributed by atoms with Crippen LogP contribution in [0.2, 0.25) is 0 Å². The largest absolute Gasteiger partial charge is 0.295 e. The molecule has 1 N–H and O–H groups in total. The van der Waals surface area contributed by atoms with Gasteiger partial charge in [-0.2, -0.15) is 5.10 Å². The molecule has 1 aromatic rings. The molecule has 0 radical (unpaired) electrons. The molecule has 1 saturated heterocycles. The Morgan fingerprint density at radius 2 is 2.29 bits per heavy atom. The quantitative estimate of drug-likeness (QED) is 0.825. The van der Waals surface area contributed by atoms with Crippen LogP contribution in [-0.2, 0) is 10.2 Å². The highest BCUT2D eigenvalue weighted by atomic mass is 35.5. The van der Waals surface area contributed by atoms with E-state index in [1.54, 1.807) is 4.90 Å². The van der Waals surface area contributed by atoms with Crippen molar-refractivity contribution in [2.24, 2.45) is 5.92 Å². The van der Waals surface area contributed by atoms with Gasteiger partial charge in [0.15, 0.2) is 5.82 Å². The van der Waals surface area contributed by atoms with E-state index in [4.69, 9.17) is 11.6 Å². The van der Waals surface area contributed by atoms with Gasteiger partial charge in [-0.25, -0.2) is 0 Å². The number of anilines is 1. The summed E-state index contributed by atoms with van der Waals surface area (Å²) in [6.07, 6.45) is 0.529. The molecule has 0 spiro atoms. The summed E-state index contributed by atoms with van der Waals surface area (Å²) in [7, 11) is 0. The fourth-order valence-electron chi connectivity index (χ4n) is 1.94. The predicted octanol–water partition coefficient (Wildman–Crippen LogP) is 2.30. The van der Waals surface area contributed by atoms with Gasteiger partial charge in [0, 0.05) is 36.0 Å². The minimum atomic E-state index is 0.0138. The second-order valence-corrected chi connectivity index (χ2v) is 5.93. The first-order chi connectivity index (χ1) is 7.91. The van der Waals surface area contributed by atoms with Crippen molar-refractivity contribution in [3.05, 3.63) is 11.8 Å². The Morgan fingerprint density at radius 1 is 1.59 bits per heavy atom. The highest BCUT2D eigenvalue weighted by Crippen LogP contribution is 2.28. The minimum Gasteiger partial charge on any atom is -0.295 e. The predicted molar refractivity (Wildman–Crippen MR) is 68.5 cm³/mol. The number of nitrogens with one attached hydrogen (secondary N) is 1. The van der Waals surface area contributed by atoms with Crippen LogP contribution in [0.4, 0.5) is 5.82 Å². The molecule has 1 atom stereocenters. The molecule has 4 nitrogen and oxygen atoms in total. The molecular weight excluding hydrogens is 238 g/mol. The minimum absolute atomic E-state index is 0.0138. The lowest BCUT2D eigenvalue weighted by Gasteiger charge is -2.15. The standard InChI is InChI=1S/C12H18ClN3O/c1-12(2,3)9-5-10(15-14-9)16-7-8(6-13)4-11(16)17/h5,8H,4,6-7H2,1-3H3,(H,14,15). The monoisotopic (exact) mass is 255 g/mol. The van der Waals surface area contributed by atoms with Gasteiger partial charge in [-0.1, -0.05) is 20.8 Å². The summed E-state index contributed by atoms with van der Waals surface area (Å²) in [5.74, 6) is 1.60. The smallest absolute Gasteiger partial charge is 0.228 e. The summed E-state index contributed by atoms with van der Waals surface area (Å²) >= 11 is 5.80. The lowest BCUT2D eigenvalue weighted by molar-refractivity contribution is -0.117. The summed E-state index contributed by atoms with van der Waals surface area (Å²) in [5.41, 5.74) is 1.05. The lowest BCUT2D eigenvalue weighted by atomic mass is 9.92. The van der Waals surface area contributed by atoms with Crippen molar-refractivity contribution in [2.45, 2.75) is 32.6 Å². The molecule has 1 amide bonds. The van der Waals surface area contributed by atoms with Crippen molar-refractivity contribution in [1.29, 1.82) is 0 Å². The first-order valence-electron chi connectivity index (χ1n) is 5.84. The molecule has 2 heterocycles. The Hall–Kier alpha value is -1.03. The fourth-order valence-corrected chi connectivity index (χ4v) is 2.15. The van der Waals surface area contributed by atoms with Gasteiger partial charge >= 0.3 is 0 Å². The van der Waals surface area contributed by atoms with E-state index in [-0.39, 0.29) is 17.2 Å². The zero-order valence-corrected chi connectivity index (χ0v) is 11.2. The maximum absolute atomic E-state index is 11.8. The molecule has 1 fully saturated rings. The van der Waals surface area contributed by atoms with Crippen molar-refractivity contribution >= 4 is 23.3 Å². The third kappa shape index (κ3) is 2.46. The Morgan fingerprint density at radius 3 is 2.76 bits per heavy atom. The second-order valence-electron chi connectivity index (χ2n) is 5.62. The average Bonchev–Trinajstić information content (AvgIpc) is 2.82. The lowest BCUT2D eigenvalue weighted by Crippen LogP contribution is -2.25. The van der Waals surface area contributed by atoms with Gasteiger partial charge in [0.05, 0.1) is 0 Å². The van der Waals surface area contributed by atoms with Gasteiger partial charge in [-0.15, -0.1) is 11.6 Å². The molecule has 0 aliphatic carbocycles. The Labute approximate surface area is 106 Å². The number of carbonyl (C=O) groups excluding carboxylic acids is 1. The maximum atomic E-state index is 11.8. The van der Waals surface area contributed by atoms with Gasteiger partial charge < -0.3 is 0 Å². The van der Waals surface area contributed by atoms with Gasteiger partial charge in [0.2, 0.25) is 5.91 Å². The maximum Gasteiger partial charge on any atom is 0.228 e. The zero-order chi connectivity index (χ0) is 12.6. The number of amides is 1. The highest BCUT2D eigenvalue weighted by Gasteiger charge is 2.32. The van der Waals surface area contributed by atoms with Gasteiger partial charge in [0.25, 0.3) is 0 Å². The molecule has 0 bridgehead atoms. The average molecular weight is 256 g/mol. The summed E-state index contributed by atoms with van der Waals surface area (Å²) in [6.45, 7) is 7.00. The normalized spacial score (nSPS) is 21.3. The molecule has 1 unspecified atom stereocenters. The van der Waals surface area contributed by atoms with Crippen molar-refractivity contribution in [1.82, 2.24) is 10.2 Å². The van der Waals surface area contributed by atoms with Crippen LogP contribution in [0.3, 0.4) is 0 Å². The molecule has 0 aromatic carbocycles. The number of aromatic amines is 1. The molecule has 17 heavy (non-hydrogen) atoms. The van der Waals surface area contributed by atoms with Crippen LogP contribution < -0.4 is 4.90 Å². The summed E-state index contributed by atoms with van der Waals surface area (Å²) in [6, 6.07) is 1.95. The van der Waals surface area contributed by atoms with Crippen LogP contribution in [-0.4, -0.2) is 28.5 Å². The van der Waals surface area contributed by atoms with Crippen molar-refractivity contribution in [3.8, 4) is 0 Å². The third-order valence-electron chi connectivity index (χ3n) is 3.07. The molecule has 0 saturated carbocycles. The molecule has 94 valence electrons. The molecule has 1 aromatic heterocycles. The van der Waals surface area contributed by atoms with E-state index in [9.17, 15) is 4.79 Å². The summed E-state index contributed by atoms with van der Waals surface area (Å²) in [4.78, 5) is 13.5. The van der Waals surface area contributed by atoms with E-state index < -0.39 is 0 Å². The van der Waals surface area contributed by atoms with Crippen molar-refractivity contribution < 1.29 is 4.79 Å². The summed E-state index contributed by atoms with van der Waals surface area (Å²) in [5, 5.41) is 7.22. The van der Waals surface area contributed by atoms with Crippen molar-refractivity contribution in [3.63, 3.8) is 0 Å². The number of H-pyrrole nitrogens is 1. The number of aromatic nitrogens is 2. The first kappa shape index (κ1) is 12.4. The van der Waals surface area contributed by atoms with Crippen LogP contribution in [0.1, 0.15) is 32.9 Å². The van der Waals surface area contributed by atoms with Gasteiger partial charge in [-0.3, -0.25) is 14.8 Å². The number of hydrogen-bond acceptors (Lipinski definition) is 2. The second kappa shape index (κ2) is 4.33. The van der Waals surface area contributed by atoms with E-state index in [1.807, 2.05) is 6.07 Å². The van der Waals surface area contributed by atoms with Crippen LogP contribution in [0.25, 0.3) is 0 Å².